The zero-order valence-corrected chi connectivity index (χ0v) is 14.3. The van der Waals surface area contributed by atoms with Crippen LogP contribution < -0.4 is 15.2 Å². The van der Waals surface area contributed by atoms with E-state index in [2.05, 4.69) is 0 Å². The van der Waals surface area contributed by atoms with E-state index in [0.29, 0.717) is 11.8 Å². The molecule has 0 amide bonds. The molecule has 0 aliphatic heterocycles. The van der Waals surface area contributed by atoms with Crippen molar-refractivity contribution in [3.63, 3.8) is 0 Å². The second-order valence-corrected chi connectivity index (χ2v) is 7.13. The van der Waals surface area contributed by atoms with E-state index in [1.165, 1.54) is 32.1 Å². The van der Waals surface area contributed by atoms with Crippen LogP contribution in [-0.2, 0) is 12.0 Å². The van der Waals surface area contributed by atoms with Gasteiger partial charge in [-0.3, -0.25) is 0 Å². The average molecular weight is 319 g/mol. The molecule has 2 aliphatic carbocycles. The largest absolute Gasteiger partial charge is 0.493 e. The molecule has 1 fully saturated rings. The van der Waals surface area contributed by atoms with Gasteiger partial charge >= 0.3 is 0 Å². The van der Waals surface area contributed by atoms with E-state index < -0.39 is 5.60 Å². The number of nitrogens with two attached hydrogens (primary N) is 1. The van der Waals surface area contributed by atoms with Crippen LogP contribution in [0.5, 0.6) is 11.5 Å². The first-order valence-electron chi connectivity index (χ1n) is 8.79. The van der Waals surface area contributed by atoms with Gasteiger partial charge in [-0.1, -0.05) is 38.2 Å². The van der Waals surface area contributed by atoms with Crippen molar-refractivity contribution in [1.29, 1.82) is 0 Å². The summed E-state index contributed by atoms with van der Waals surface area (Å²) in [5, 5.41) is 11.2. The first kappa shape index (κ1) is 16.6. The van der Waals surface area contributed by atoms with Gasteiger partial charge in [0.1, 0.15) is 5.60 Å². The normalized spacial score (nSPS) is 28.3. The van der Waals surface area contributed by atoms with Crippen LogP contribution in [0.1, 0.15) is 49.7 Å². The molecule has 3 rings (SSSR count). The van der Waals surface area contributed by atoms with Crippen LogP contribution in [-0.4, -0.2) is 25.9 Å². The van der Waals surface area contributed by atoms with E-state index in [1.54, 1.807) is 14.2 Å². The molecule has 2 atom stereocenters. The summed E-state index contributed by atoms with van der Waals surface area (Å²) in [6, 6.07) is 3.83. The second-order valence-electron chi connectivity index (χ2n) is 7.13. The SMILES string of the molecule is COc1ccc2c(c1OC)CC(C1CCCCC1)CC2(O)CN. The average Bonchev–Trinajstić information content (AvgIpc) is 2.61. The molecule has 0 radical (unpaired) electrons. The summed E-state index contributed by atoms with van der Waals surface area (Å²) < 4.78 is 11.1. The summed E-state index contributed by atoms with van der Waals surface area (Å²) in [7, 11) is 3.32. The maximum absolute atomic E-state index is 11.2. The fraction of sp³-hybridized carbons (Fsp3) is 0.684. The molecule has 128 valence electrons. The van der Waals surface area contributed by atoms with Gasteiger partial charge in [-0.05, 0) is 36.3 Å². The third-order valence-corrected chi connectivity index (χ3v) is 5.87. The predicted octanol–water partition coefficient (Wildman–Crippen LogP) is 2.99. The van der Waals surface area contributed by atoms with Crippen molar-refractivity contribution in [2.24, 2.45) is 17.6 Å². The molecule has 4 nitrogen and oxygen atoms in total. The lowest BCUT2D eigenvalue weighted by Gasteiger charge is -2.42. The smallest absolute Gasteiger partial charge is 0.164 e. The van der Waals surface area contributed by atoms with Crippen LogP contribution >= 0.6 is 0 Å². The van der Waals surface area contributed by atoms with Crippen molar-refractivity contribution < 1.29 is 14.6 Å². The third-order valence-electron chi connectivity index (χ3n) is 5.87. The molecule has 3 N–H and O–H groups in total. The van der Waals surface area contributed by atoms with Gasteiger partial charge in [-0.2, -0.15) is 0 Å². The van der Waals surface area contributed by atoms with Crippen LogP contribution in [0.25, 0.3) is 0 Å². The lowest BCUT2D eigenvalue weighted by Crippen LogP contribution is -2.43. The first-order valence-corrected chi connectivity index (χ1v) is 8.79. The van der Waals surface area contributed by atoms with Crippen molar-refractivity contribution in [1.82, 2.24) is 0 Å². The minimum atomic E-state index is -0.949. The Labute approximate surface area is 139 Å². The quantitative estimate of drug-likeness (QED) is 0.895. The van der Waals surface area contributed by atoms with Crippen molar-refractivity contribution in [3.05, 3.63) is 23.3 Å². The highest BCUT2D eigenvalue weighted by Gasteiger charge is 2.42. The number of aliphatic hydroxyl groups is 1. The van der Waals surface area contributed by atoms with Crippen LogP contribution in [0, 0.1) is 11.8 Å². The number of methoxy groups -OCH3 is 2. The van der Waals surface area contributed by atoms with Crippen LogP contribution in [0.15, 0.2) is 12.1 Å². The lowest BCUT2D eigenvalue weighted by molar-refractivity contribution is -0.00478. The van der Waals surface area contributed by atoms with Gasteiger partial charge in [0.25, 0.3) is 0 Å². The minimum Gasteiger partial charge on any atom is -0.493 e. The number of benzene rings is 1. The van der Waals surface area contributed by atoms with E-state index in [-0.39, 0.29) is 6.54 Å². The molecule has 4 heteroatoms. The number of rotatable bonds is 4. The Hall–Kier alpha value is -1.26. The van der Waals surface area contributed by atoms with E-state index in [9.17, 15) is 5.11 Å². The molecule has 2 unspecified atom stereocenters. The van der Waals surface area contributed by atoms with Gasteiger partial charge in [0.2, 0.25) is 0 Å². The number of ether oxygens (including phenoxy) is 2. The van der Waals surface area contributed by atoms with Crippen LogP contribution in [0.4, 0.5) is 0 Å². The van der Waals surface area contributed by atoms with E-state index >= 15 is 0 Å². The molecule has 1 saturated carbocycles. The van der Waals surface area contributed by atoms with Crippen molar-refractivity contribution in [2.45, 2.75) is 50.5 Å². The Kier molecular flexibility index (Phi) is 4.83. The standard InChI is InChI=1S/C19H29NO3/c1-22-17-9-8-16-15(18(17)23-2)10-14(11-19(16,21)12-20)13-6-4-3-5-7-13/h8-9,13-14,21H,3-7,10-12,20H2,1-2H3. The zero-order chi connectivity index (χ0) is 16.4. The van der Waals surface area contributed by atoms with Gasteiger partial charge in [-0.15, -0.1) is 0 Å². The molecule has 0 spiro atoms. The van der Waals surface area contributed by atoms with Gasteiger partial charge in [0, 0.05) is 12.1 Å². The zero-order valence-electron chi connectivity index (χ0n) is 14.3. The Morgan fingerprint density at radius 3 is 2.48 bits per heavy atom. The molecular formula is C19H29NO3. The van der Waals surface area contributed by atoms with Gasteiger partial charge in [-0.25, -0.2) is 0 Å². The molecule has 2 aliphatic rings. The van der Waals surface area contributed by atoms with E-state index in [0.717, 1.165) is 35.5 Å². The van der Waals surface area contributed by atoms with E-state index in [4.69, 9.17) is 15.2 Å². The maximum atomic E-state index is 11.2. The van der Waals surface area contributed by atoms with E-state index in [1.807, 2.05) is 12.1 Å². The molecule has 0 bridgehead atoms. The topological polar surface area (TPSA) is 64.7 Å². The third kappa shape index (κ3) is 2.94. The van der Waals surface area contributed by atoms with Crippen molar-refractivity contribution in [2.75, 3.05) is 20.8 Å². The molecule has 23 heavy (non-hydrogen) atoms. The number of hydrogen-bond donors (Lipinski definition) is 2. The van der Waals surface area contributed by atoms with Gasteiger partial charge < -0.3 is 20.3 Å². The summed E-state index contributed by atoms with van der Waals surface area (Å²) in [4.78, 5) is 0. The fourth-order valence-electron chi connectivity index (χ4n) is 4.64. The fourth-order valence-corrected chi connectivity index (χ4v) is 4.64. The summed E-state index contributed by atoms with van der Waals surface area (Å²) >= 11 is 0. The predicted molar refractivity (Wildman–Crippen MR) is 90.9 cm³/mol. The van der Waals surface area contributed by atoms with Crippen molar-refractivity contribution >= 4 is 0 Å². The molecule has 1 aromatic rings. The number of hydrogen-bond acceptors (Lipinski definition) is 4. The molecule has 1 aromatic carbocycles. The van der Waals surface area contributed by atoms with Crippen molar-refractivity contribution in [3.8, 4) is 11.5 Å². The van der Waals surface area contributed by atoms with Crippen LogP contribution in [0.2, 0.25) is 0 Å². The molecule has 0 heterocycles. The molecule has 0 aromatic heterocycles. The van der Waals surface area contributed by atoms with Crippen LogP contribution in [0.3, 0.4) is 0 Å². The molecular weight excluding hydrogens is 290 g/mol. The lowest BCUT2D eigenvalue weighted by atomic mass is 9.66. The summed E-state index contributed by atoms with van der Waals surface area (Å²) in [5.74, 6) is 2.65. The van der Waals surface area contributed by atoms with Gasteiger partial charge in [0.05, 0.1) is 14.2 Å². The molecule has 0 saturated heterocycles. The summed E-state index contributed by atoms with van der Waals surface area (Å²) in [5.41, 5.74) is 7.04. The number of fused-ring (bicyclic) bond motifs is 1. The Bertz CT molecular complexity index is 554. The minimum absolute atomic E-state index is 0.249. The highest BCUT2D eigenvalue weighted by atomic mass is 16.5. The Morgan fingerprint density at radius 1 is 1.13 bits per heavy atom. The highest BCUT2D eigenvalue weighted by molar-refractivity contribution is 5.54. The summed E-state index contributed by atoms with van der Waals surface area (Å²) in [6.45, 7) is 0.249. The highest BCUT2D eigenvalue weighted by Crippen LogP contribution is 2.48. The maximum Gasteiger partial charge on any atom is 0.164 e. The Morgan fingerprint density at radius 2 is 1.87 bits per heavy atom. The Balaban J connectivity index is 2.01. The monoisotopic (exact) mass is 319 g/mol. The van der Waals surface area contributed by atoms with Gasteiger partial charge in [0.15, 0.2) is 11.5 Å². The second kappa shape index (κ2) is 6.70. The first-order chi connectivity index (χ1) is 11.1. The summed E-state index contributed by atoms with van der Waals surface area (Å²) in [6.07, 6.45) is 8.21.